The lowest BCUT2D eigenvalue weighted by Crippen LogP contribution is -2.29. The molecule has 2 aromatic rings. The van der Waals surface area contributed by atoms with Crippen LogP contribution in [0.1, 0.15) is 110 Å². The molecule has 0 amide bonds. The second-order valence-electron chi connectivity index (χ2n) is 8.98. The molecule has 2 rings (SSSR count). The molecular weight excluding hydrogens is 420 g/mol. The van der Waals surface area contributed by atoms with Gasteiger partial charge >= 0.3 is 5.69 Å². The number of nitrogens with zero attached hydrogens (tertiary/aromatic N) is 3. The molecule has 32 heavy (non-hydrogen) atoms. The molecule has 182 valence electrons. The van der Waals surface area contributed by atoms with Crippen LogP contribution in [0.4, 0.5) is 0 Å². The summed E-state index contributed by atoms with van der Waals surface area (Å²) in [7, 11) is 1.68. The SMILES string of the molecule is CCCCCCCCCCSc1nc2c(c(=O)[nH]c(=O)n2C)n1CCCCCCCCC. The third-order valence-electron chi connectivity index (χ3n) is 6.19. The van der Waals surface area contributed by atoms with Crippen LogP contribution in [-0.2, 0) is 13.6 Å². The maximum absolute atomic E-state index is 12.6. The Kier molecular flexibility index (Phi) is 12.8. The van der Waals surface area contributed by atoms with Crippen molar-refractivity contribution in [3.8, 4) is 0 Å². The van der Waals surface area contributed by atoms with E-state index in [1.54, 1.807) is 18.8 Å². The molecule has 0 saturated heterocycles. The fourth-order valence-electron chi connectivity index (χ4n) is 4.16. The van der Waals surface area contributed by atoms with E-state index in [-0.39, 0.29) is 5.56 Å². The zero-order chi connectivity index (χ0) is 23.2. The fraction of sp³-hybridized carbons (Fsp3) is 0.800. The molecule has 0 atom stereocenters. The molecule has 0 saturated carbocycles. The fourth-order valence-corrected chi connectivity index (χ4v) is 5.18. The predicted octanol–water partition coefficient (Wildman–Crippen LogP) is 6.41. The van der Waals surface area contributed by atoms with Crippen molar-refractivity contribution < 1.29 is 0 Å². The summed E-state index contributed by atoms with van der Waals surface area (Å²) in [5.74, 6) is 1.00. The molecule has 0 bridgehead atoms. The van der Waals surface area contributed by atoms with Gasteiger partial charge in [-0.3, -0.25) is 14.3 Å². The van der Waals surface area contributed by atoms with Crippen molar-refractivity contribution in [3.05, 3.63) is 20.8 Å². The minimum Gasteiger partial charge on any atom is -0.313 e. The van der Waals surface area contributed by atoms with Crippen LogP contribution in [0.15, 0.2) is 14.7 Å². The Balaban J connectivity index is 1.94. The molecule has 7 heteroatoms. The van der Waals surface area contributed by atoms with E-state index in [0.717, 1.165) is 36.7 Å². The number of fused-ring (bicyclic) bond motifs is 1. The zero-order valence-electron chi connectivity index (χ0n) is 20.6. The van der Waals surface area contributed by atoms with E-state index < -0.39 is 5.69 Å². The molecule has 6 nitrogen and oxygen atoms in total. The summed E-state index contributed by atoms with van der Waals surface area (Å²) in [6.45, 7) is 5.27. The van der Waals surface area contributed by atoms with Crippen LogP contribution < -0.4 is 11.2 Å². The van der Waals surface area contributed by atoms with E-state index in [2.05, 4.69) is 23.4 Å². The molecule has 0 aliphatic carbocycles. The largest absolute Gasteiger partial charge is 0.329 e. The molecular formula is C25H44N4O2S. The van der Waals surface area contributed by atoms with Crippen molar-refractivity contribution >= 4 is 22.9 Å². The normalized spacial score (nSPS) is 11.6. The first kappa shape index (κ1) is 26.7. The average molecular weight is 465 g/mol. The summed E-state index contributed by atoms with van der Waals surface area (Å²) < 4.78 is 3.51. The highest BCUT2D eigenvalue weighted by molar-refractivity contribution is 7.99. The van der Waals surface area contributed by atoms with Gasteiger partial charge in [0.2, 0.25) is 0 Å². The van der Waals surface area contributed by atoms with Gasteiger partial charge in [0.1, 0.15) is 0 Å². The Bertz CT molecular complexity index is 900. The number of H-pyrrole nitrogens is 1. The second kappa shape index (κ2) is 15.4. The third kappa shape index (κ3) is 8.45. The van der Waals surface area contributed by atoms with Crippen molar-refractivity contribution in [1.82, 2.24) is 19.1 Å². The quantitative estimate of drug-likeness (QED) is 0.204. The molecule has 1 N–H and O–H groups in total. The van der Waals surface area contributed by atoms with Gasteiger partial charge in [0.05, 0.1) is 0 Å². The van der Waals surface area contributed by atoms with Crippen molar-refractivity contribution in [3.63, 3.8) is 0 Å². The number of thioether (sulfide) groups is 1. The first-order valence-corrected chi connectivity index (χ1v) is 13.9. The Hall–Kier alpha value is -1.50. The summed E-state index contributed by atoms with van der Waals surface area (Å²) >= 11 is 1.73. The van der Waals surface area contributed by atoms with Crippen molar-refractivity contribution in [2.75, 3.05) is 5.75 Å². The van der Waals surface area contributed by atoms with Gasteiger partial charge in [0.25, 0.3) is 5.56 Å². The number of aromatic nitrogens is 4. The van der Waals surface area contributed by atoms with Gasteiger partial charge in [0.15, 0.2) is 16.3 Å². The van der Waals surface area contributed by atoms with Crippen LogP contribution >= 0.6 is 11.8 Å². The molecule has 0 spiro atoms. The lowest BCUT2D eigenvalue weighted by atomic mass is 10.1. The van der Waals surface area contributed by atoms with Crippen LogP contribution in [0.25, 0.3) is 11.2 Å². The number of aryl methyl sites for hydroxylation is 2. The third-order valence-corrected chi connectivity index (χ3v) is 7.25. The van der Waals surface area contributed by atoms with Crippen molar-refractivity contribution in [2.45, 2.75) is 122 Å². The van der Waals surface area contributed by atoms with Gasteiger partial charge in [0, 0.05) is 19.3 Å². The highest BCUT2D eigenvalue weighted by Gasteiger charge is 2.17. The topological polar surface area (TPSA) is 72.7 Å². The average Bonchev–Trinajstić information content (AvgIpc) is 3.15. The van der Waals surface area contributed by atoms with E-state index in [1.807, 2.05) is 0 Å². The summed E-state index contributed by atoms with van der Waals surface area (Å²) in [6, 6.07) is 0. The molecule has 0 unspecified atom stereocenters. The Morgan fingerprint density at radius 2 is 1.31 bits per heavy atom. The maximum atomic E-state index is 12.6. The van der Waals surface area contributed by atoms with Crippen LogP contribution in [0, 0.1) is 0 Å². The number of hydrogen-bond acceptors (Lipinski definition) is 4. The number of aromatic amines is 1. The molecule has 0 aliphatic rings. The monoisotopic (exact) mass is 464 g/mol. The molecule has 2 heterocycles. The maximum Gasteiger partial charge on any atom is 0.329 e. The summed E-state index contributed by atoms with van der Waals surface area (Å²) in [4.78, 5) is 31.8. The van der Waals surface area contributed by atoms with Crippen LogP contribution in [0.3, 0.4) is 0 Å². The smallest absolute Gasteiger partial charge is 0.313 e. The Morgan fingerprint density at radius 1 is 0.781 bits per heavy atom. The lowest BCUT2D eigenvalue weighted by Gasteiger charge is -2.09. The van der Waals surface area contributed by atoms with E-state index >= 15 is 0 Å². The van der Waals surface area contributed by atoms with E-state index in [0.29, 0.717) is 11.2 Å². The molecule has 0 aliphatic heterocycles. The minimum absolute atomic E-state index is 0.322. The van der Waals surface area contributed by atoms with Gasteiger partial charge in [-0.05, 0) is 12.8 Å². The number of imidazole rings is 1. The summed E-state index contributed by atoms with van der Waals surface area (Å²) in [5, 5.41) is 0.876. The standard InChI is InChI=1S/C25H44N4O2S/c1-4-6-8-10-12-14-16-18-20-32-25-26-22-21(23(30)27-24(31)28(22)3)29(25)19-17-15-13-11-9-7-5-2/h4-20H2,1-3H3,(H,27,30,31). The van der Waals surface area contributed by atoms with E-state index in [1.165, 1.54) is 81.6 Å². The number of hydrogen-bond donors (Lipinski definition) is 1. The first-order chi connectivity index (χ1) is 15.6. The highest BCUT2D eigenvalue weighted by atomic mass is 32.2. The van der Waals surface area contributed by atoms with Crippen molar-refractivity contribution in [2.24, 2.45) is 7.05 Å². The number of rotatable bonds is 18. The summed E-state index contributed by atoms with van der Waals surface area (Å²) in [6.07, 6.45) is 19.0. The van der Waals surface area contributed by atoms with Gasteiger partial charge in [-0.1, -0.05) is 109 Å². The summed E-state index contributed by atoms with van der Waals surface area (Å²) in [5.41, 5.74) is 0.316. The number of unbranched alkanes of at least 4 members (excludes halogenated alkanes) is 13. The molecule has 2 aromatic heterocycles. The minimum atomic E-state index is -0.400. The zero-order valence-corrected chi connectivity index (χ0v) is 21.4. The lowest BCUT2D eigenvalue weighted by molar-refractivity contribution is 0.538. The van der Waals surface area contributed by atoms with E-state index in [9.17, 15) is 9.59 Å². The molecule has 0 radical (unpaired) electrons. The molecule has 0 fully saturated rings. The van der Waals surface area contributed by atoms with E-state index in [4.69, 9.17) is 4.98 Å². The predicted molar refractivity (Wildman–Crippen MR) is 137 cm³/mol. The van der Waals surface area contributed by atoms with Gasteiger partial charge in [-0.2, -0.15) is 0 Å². The molecule has 0 aromatic carbocycles. The van der Waals surface area contributed by atoms with Gasteiger partial charge in [-0.25, -0.2) is 9.78 Å². The van der Waals surface area contributed by atoms with Gasteiger partial charge in [-0.15, -0.1) is 0 Å². The second-order valence-corrected chi connectivity index (χ2v) is 10.0. The highest BCUT2D eigenvalue weighted by Crippen LogP contribution is 2.24. The Labute approximate surface area is 197 Å². The number of nitrogens with one attached hydrogen (secondary N) is 1. The van der Waals surface area contributed by atoms with Crippen LogP contribution in [-0.4, -0.2) is 24.9 Å². The van der Waals surface area contributed by atoms with Crippen LogP contribution in [0.5, 0.6) is 0 Å². The first-order valence-electron chi connectivity index (χ1n) is 12.9. The van der Waals surface area contributed by atoms with Gasteiger partial charge < -0.3 is 4.57 Å². The Morgan fingerprint density at radius 3 is 1.91 bits per heavy atom. The van der Waals surface area contributed by atoms with Crippen molar-refractivity contribution in [1.29, 1.82) is 0 Å². The van der Waals surface area contributed by atoms with Crippen LogP contribution in [0.2, 0.25) is 0 Å².